The van der Waals surface area contributed by atoms with Crippen LogP contribution in [0.2, 0.25) is 0 Å². The molecule has 10 heteroatoms. The van der Waals surface area contributed by atoms with Gasteiger partial charge in [0, 0.05) is 7.11 Å². The third-order valence-electron chi connectivity index (χ3n) is 3.88. The fourth-order valence-corrected chi connectivity index (χ4v) is 2.65. The van der Waals surface area contributed by atoms with Crippen LogP contribution in [0.3, 0.4) is 0 Å². The molecule has 3 heterocycles. The second-order valence-corrected chi connectivity index (χ2v) is 5.14. The standard InChI is InChI=1S/C12H17N5O5/c1-21-9-7(19)4(2-18)22-12(9)17-3-15-6-8(20)5(13)10(14)16-11(6)17/h3-5,7,9,12,18-19H,2,13H2,1H3,(H2,14,16)/t4-,5?,7+,9?,12-/m1/s1. The summed E-state index contributed by atoms with van der Waals surface area (Å²) in [4.78, 5) is 20.2. The average Bonchev–Trinajstić information content (AvgIpc) is 3.05. The van der Waals surface area contributed by atoms with Crippen molar-refractivity contribution in [1.29, 1.82) is 0 Å². The van der Waals surface area contributed by atoms with Gasteiger partial charge in [0.2, 0.25) is 5.78 Å². The Balaban J connectivity index is 2.02. The summed E-state index contributed by atoms with van der Waals surface area (Å²) >= 11 is 0. The molecule has 0 aliphatic carbocycles. The van der Waals surface area contributed by atoms with Crippen LogP contribution in [0.5, 0.6) is 0 Å². The molecule has 0 saturated carbocycles. The normalized spacial score (nSPS) is 34.6. The quantitative estimate of drug-likeness (QED) is 0.483. The number of imidazole rings is 1. The summed E-state index contributed by atoms with van der Waals surface area (Å²) in [6, 6.07) is -1.02. The van der Waals surface area contributed by atoms with Crippen molar-refractivity contribution in [2.24, 2.45) is 16.5 Å². The number of aliphatic imine (C=N–C) groups is 1. The third kappa shape index (κ3) is 2.04. The zero-order chi connectivity index (χ0) is 16.0. The molecule has 1 aromatic rings. The van der Waals surface area contributed by atoms with Crippen molar-refractivity contribution in [3.05, 3.63) is 12.0 Å². The Labute approximate surface area is 125 Å². The first-order valence-electron chi connectivity index (χ1n) is 6.67. The lowest BCUT2D eigenvalue weighted by Gasteiger charge is -2.22. The van der Waals surface area contributed by atoms with Gasteiger partial charge in [-0.2, -0.15) is 0 Å². The van der Waals surface area contributed by atoms with Crippen molar-refractivity contribution < 1.29 is 24.5 Å². The number of amidine groups is 1. The van der Waals surface area contributed by atoms with E-state index in [4.69, 9.17) is 20.9 Å². The van der Waals surface area contributed by atoms with Crippen molar-refractivity contribution in [2.45, 2.75) is 30.6 Å². The number of Topliss-reactive ketones (excluding diaryl/α,β-unsaturated/α-hetero) is 1. The summed E-state index contributed by atoms with van der Waals surface area (Å²) in [6.07, 6.45) is -2.04. The van der Waals surface area contributed by atoms with Crippen LogP contribution in [-0.2, 0) is 9.47 Å². The predicted molar refractivity (Wildman–Crippen MR) is 73.6 cm³/mol. The SMILES string of the molecule is COC1[C@@H](O)[C@@H](CO)O[C@H]1n1cnc2c1N=C(N)C(N)C2=O. The molecule has 1 aromatic heterocycles. The van der Waals surface area contributed by atoms with E-state index in [0.29, 0.717) is 0 Å². The number of methoxy groups -OCH3 is 1. The summed E-state index contributed by atoms with van der Waals surface area (Å²) in [6.45, 7) is -0.371. The van der Waals surface area contributed by atoms with E-state index in [1.54, 1.807) is 0 Å². The maximum atomic E-state index is 12.1. The summed E-state index contributed by atoms with van der Waals surface area (Å²) < 4.78 is 12.3. The van der Waals surface area contributed by atoms with E-state index in [0.717, 1.165) is 0 Å². The number of ether oxygens (including phenoxy) is 2. The van der Waals surface area contributed by atoms with Crippen molar-refractivity contribution in [2.75, 3.05) is 13.7 Å². The average molecular weight is 311 g/mol. The molecule has 10 nitrogen and oxygen atoms in total. The molecule has 0 bridgehead atoms. The highest BCUT2D eigenvalue weighted by atomic mass is 16.6. The molecule has 6 N–H and O–H groups in total. The number of hydrogen-bond donors (Lipinski definition) is 4. The minimum atomic E-state index is -1.03. The van der Waals surface area contributed by atoms with Gasteiger partial charge < -0.3 is 31.2 Å². The third-order valence-corrected chi connectivity index (χ3v) is 3.88. The van der Waals surface area contributed by atoms with Gasteiger partial charge in [-0.25, -0.2) is 9.98 Å². The van der Waals surface area contributed by atoms with E-state index in [9.17, 15) is 15.0 Å². The number of rotatable bonds is 3. The smallest absolute Gasteiger partial charge is 0.209 e. The summed E-state index contributed by atoms with van der Waals surface area (Å²) in [5.41, 5.74) is 11.4. The van der Waals surface area contributed by atoms with Gasteiger partial charge in [-0.15, -0.1) is 0 Å². The molecule has 1 saturated heterocycles. The van der Waals surface area contributed by atoms with Crippen LogP contribution >= 0.6 is 0 Å². The molecule has 5 atom stereocenters. The van der Waals surface area contributed by atoms with Crippen LogP contribution in [-0.4, -0.2) is 69.5 Å². The van der Waals surface area contributed by atoms with Crippen molar-refractivity contribution in [3.8, 4) is 0 Å². The molecule has 2 aliphatic heterocycles. The first-order valence-corrected chi connectivity index (χ1v) is 6.67. The predicted octanol–water partition coefficient (Wildman–Crippen LogP) is -2.34. The van der Waals surface area contributed by atoms with Crippen molar-refractivity contribution in [1.82, 2.24) is 9.55 Å². The van der Waals surface area contributed by atoms with Crippen LogP contribution in [0.15, 0.2) is 11.3 Å². The van der Waals surface area contributed by atoms with E-state index in [2.05, 4.69) is 9.98 Å². The summed E-state index contributed by atoms with van der Waals surface area (Å²) in [5, 5.41) is 19.3. The highest BCUT2D eigenvalue weighted by molar-refractivity contribution is 6.18. The monoisotopic (exact) mass is 311 g/mol. The molecule has 0 amide bonds. The van der Waals surface area contributed by atoms with Gasteiger partial charge in [-0.05, 0) is 0 Å². The molecule has 2 unspecified atom stereocenters. The highest BCUT2D eigenvalue weighted by Crippen LogP contribution is 2.36. The van der Waals surface area contributed by atoms with Crippen LogP contribution in [0.25, 0.3) is 0 Å². The Morgan fingerprint density at radius 3 is 2.91 bits per heavy atom. The number of carbonyl (C=O) groups excluding carboxylic acids is 1. The van der Waals surface area contributed by atoms with Crippen molar-refractivity contribution in [3.63, 3.8) is 0 Å². The van der Waals surface area contributed by atoms with Crippen molar-refractivity contribution >= 4 is 17.4 Å². The molecular formula is C12H17N5O5. The number of nitrogens with two attached hydrogens (primary N) is 2. The lowest BCUT2D eigenvalue weighted by atomic mass is 10.1. The van der Waals surface area contributed by atoms with Crippen LogP contribution < -0.4 is 11.5 Å². The van der Waals surface area contributed by atoms with Gasteiger partial charge >= 0.3 is 0 Å². The number of aromatic nitrogens is 2. The Bertz CT molecular complexity index is 629. The molecule has 3 rings (SSSR count). The van der Waals surface area contributed by atoms with Crippen LogP contribution in [0.1, 0.15) is 16.7 Å². The fourth-order valence-electron chi connectivity index (χ4n) is 2.65. The minimum Gasteiger partial charge on any atom is -0.394 e. The maximum absolute atomic E-state index is 12.1. The molecule has 0 radical (unpaired) electrons. The zero-order valence-corrected chi connectivity index (χ0v) is 11.8. The van der Waals surface area contributed by atoms with Gasteiger partial charge in [-0.1, -0.05) is 0 Å². The zero-order valence-electron chi connectivity index (χ0n) is 11.8. The number of carbonyl (C=O) groups is 1. The largest absolute Gasteiger partial charge is 0.394 e. The molecule has 22 heavy (non-hydrogen) atoms. The Hall–Kier alpha value is -1.85. The number of fused-ring (bicyclic) bond motifs is 1. The fraction of sp³-hybridized carbons (Fsp3) is 0.583. The first kappa shape index (κ1) is 15.1. The van der Waals surface area contributed by atoms with E-state index in [1.807, 2.05) is 0 Å². The lowest BCUT2D eigenvalue weighted by molar-refractivity contribution is -0.0592. The summed E-state index contributed by atoms with van der Waals surface area (Å²) in [7, 11) is 1.41. The van der Waals surface area contributed by atoms with Crippen LogP contribution in [0, 0.1) is 0 Å². The van der Waals surface area contributed by atoms with Crippen LogP contribution in [0.4, 0.5) is 5.82 Å². The van der Waals surface area contributed by atoms with E-state index < -0.39 is 36.4 Å². The Morgan fingerprint density at radius 2 is 2.27 bits per heavy atom. The lowest BCUT2D eigenvalue weighted by Crippen LogP contribution is -2.45. The number of nitrogens with zero attached hydrogens (tertiary/aromatic N) is 3. The van der Waals surface area contributed by atoms with Gasteiger partial charge in [0.25, 0.3) is 0 Å². The maximum Gasteiger partial charge on any atom is 0.209 e. The molecular weight excluding hydrogens is 294 g/mol. The first-order chi connectivity index (χ1) is 10.5. The Kier molecular flexibility index (Phi) is 3.70. The number of ketones is 1. The van der Waals surface area contributed by atoms with E-state index in [1.165, 1.54) is 18.0 Å². The highest BCUT2D eigenvalue weighted by Gasteiger charge is 2.46. The molecule has 2 aliphatic rings. The number of aliphatic hydroxyl groups is 2. The van der Waals surface area contributed by atoms with Gasteiger partial charge in [0.1, 0.15) is 30.2 Å². The minimum absolute atomic E-state index is 0.0227. The molecule has 1 fully saturated rings. The number of aliphatic hydroxyl groups excluding tert-OH is 2. The van der Waals surface area contributed by atoms with Gasteiger partial charge in [0.15, 0.2) is 17.7 Å². The molecule has 120 valence electrons. The second-order valence-electron chi connectivity index (χ2n) is 5.14. The van der Waals surface area contributed by atoms with E-state index in [-0.39, 0.29) is 24.0 Å². The topological polar surface area (TPSA) is 158 Å². The van der Waals surface area contributed by atoms with E-state index >= 15 is 0 Å². The molecule has 0 spiro atoms. The second kappa shape index (κ2) is 5.41. The summed E-state index contributed by atoms with van der Waals surface area (Å²) in [5.74, 6) is -0.264. The van der Waals surface area contributed by atoms with Gasteiger partial charge in [-0.3, -0.25) is 9.36 Å². The Morgan fingerprint density at radius 1 is 1.55 bits per heavy atom. The number of hydrogen-bond acceptors (Lipinski definition) is 9. The molecule has 0 aromatic carbocycles. The van der Waals surface area contributed by atoms with Gasteiger partial charge in [0.05, 0.1) is 12.9 Å².